The van der Waals surface area contributed by atoms with Gasteiger partial charge in [-0.2, -0.15) is 0 Å². The van der Waals surface area contributed by atoms with Crippen molar-refractivity contribution in [1.29, 1.82) is 0 Å². The fourth-order valence-electron chi connectivity index (χ4n) is 3.32. The van der Waals surface area contributed by atoms with Gasteiger partial charge in [0.2, 0.25) is 0 Å². The van der Waals surface area contributed by atoms with E-state index in [4.69, 9.17) is 16.1 Å². The van der Waals surface area contributed by atoms with E-state index >= 15 is 0 Å². The average Bonchev–Trinajstić information content (AvgIpc) is 3.18. The summed E-state index contributed by atoms with van der Waals surface area (Å²) in [6.45, 7) is 3.33. The Morgan fingerprint density at radius 1 is 0.939 bits per heavy atom. The predicted octanol–water partition coefficient (Wildman–Crippen LogP) is 5.66. The first-order valence-corrected chi connectivity index (χ1v) is 11.8. The summed E-state index contributed by atoms with van der Waals surface area (Å²) in [5.74, 6) is -0.0961. The Morgan fingerprint density at radius 3 is 2.30 bits per heavy atom. The smallest absolute Gasteiger partial charge is 0.262 e. The van der Waals surface area contributed by atoms with Gasteiger partial charge in [-0.25, -0.2) is 8.42 Å². The quantitative estimate of drug-likeness (QED) is 0.369. The topological polar surface area (TPSA) is 101 Å². The van der Waals surface area contributed by atoms with Gasteiger partial charge in [0.25, 0.3) is 15.9 Å². The zero-order valence-corrected chi connectivity index (χ0v) is 19.4. The van der Waals surface area contributed by atoms with Gasteiger partial charge in [-0.3, -0.25) is 9.52 Å². The van der Waals surface area contributed by atoms with Crippen LogP contribution in [0.25, 0.3) is 11.3 Å². The van der Waals surface area contributed by atoms with Crippen LogP contribution in [0.4, 0.5) is 11.4 Å². The van der Waals surface area contributed by atoms with Gasteiger partial charge in [0.05, 0.1) is 4.90 Å². The fourth-order valence-corrected chi connectivity index (χ4v) is 4.78. The Balaban J connectivity index is 1.62. The Bertz CT molecular complexity index is 1420. The molecule has 1 amide bonds. The minimum Gasteiger partial charge on any atom is -0.360 e. The number of benzene rings is 3. The van der Waals surface area contributed by atoms with E-state index in [2.05, 4.69) is 15.2 Å². The molecule has 0 radical (unpaired) electrons. The van der Waals surface area contributed by atoms with Gasteiger partial charge in [-0.1, -0.05) is 53.2 Å². The first-order valence-electron chi connectivity index (χ1n) is 9.97. The van der Waals surface area contributed by atoms with Crippen LogP contribution in [0.2, 0.25) is 5.02 Å². The predicted molar refractivity (Wildman–Crippen MR) is 128 cm³/mol. The highest BCUT2D eigenvalue weighted by Crippen LogP contribution is 2.28. The number of aryl methyl sites for hydroxylation is 2. The van der Waals surface area contributed by atoms with Crippen molar-refractivity contribution in [2.75, 3.05) is 10.0 Å². The lowest BCUT2D eigenvalue weighted by Crippen LogP contribution is -2.16. The molecule has 2 N–H and O–H groups in total. The van der Waals surface area contributed by atoms with E-state index in [0.29, 0.717) is 33.4 Å². The molecule has 7 nitrogen and oxygen atoms in total. The normalized spacial score (nSPS) is 11.2. The molecule has 0 aliphatic carbocycles. The van der Waals surface area contributed by atoms with E-state index in [1.807, 2.05) is 30.3 Å². The fraction of sp³-hybridized carbons (Fsp3) is 0.0833. The summed E-state index contributed by atoms with van der Waals surface area (Å²) in [5, 5.41) is 7.28. The molecule has 4 rings (SSSR count). The Morgan fingerprint density at radius 2 is 1.61 bits per heavy atom. The largest absolute Gasteiger partial charge is 0.360 e. The van der Waals surface area contributed by atoms with Gasteiger partial charge >= 0.3 is 0 Å². The Kier molecular flexibility index (Phi) is 6.22. The number of carbonyl (C=O) groups excluding carboxylic acids is 1. The summed E-state index contributed by atoms with van der Waals surface area (Å²) in [6.07, 6.45) is 0. The van der Waals surface area contributed by atoms with Crippen molar-refractivity contribution < 1.29 is 17.7 Å². The first kappa shape index (κ1) is 22.6. The van der Waals surface area contributed by atoms with Crippen molar-refractivity contribution in [3.8, 4) is 11.3 Å². The van der Waals surface area contributed by atoms with Crippen LogP contribution >= 0.6 is 11.6 Å². The zero-order chi connectivity index (χ0) is 23.6. The number of sulfonamides is 1. The number of halogens is 1. The molecule has 0 atom stereocenters. The number of hydrogen-bond donors (Lipinski definition) is 2. The number of carbonyl (C=O) groups is 1. The molecule has 0 fully saturated rings. The van der Waals surface area contributed by atoms with Gasteiger partial charge in [0.15, 0.2) is 0 Å². The second kappa shape index (κ2) is 9.09. The highest BCUT2D eigenvalue weighted by molar-refractivity contribution is 7.92. The first-order chi connectivity index (χ1) is 15.7. The monoisotopic (exact) mass is 481 g/mol. The lowest BCUT2D eigenvalue weighted by molar-refractivity contribution is 0.102. The summed E-state index contributed by atoms with van der Waals surface area (Å²) in [4.78, 5) is 13.1. The van der Waals surface area contributed by atoms with Crippen LogP contribution in [0.15, 0.2) is 82.2 Å². The van der Waals surface area contributed by atoms with Gasteiger partial charge in [-0.05, 0) is 55.8 Å². The molecular formula is C24H20ClN3O4S. The number of nitrogens with zero attached hydrogens (tertiary/aromatic N) is 1. The van der Waals surface area contributed by atoms with E-state index in [1.54, 1.807) is 50.2 Å². The molecule has 0 spiro atoms. The van der Waals surface area contributed by atoms with Gasteiger partial charge < -0.3 is 9.84 Å². The van der Waals surface area contributed by atoms with E-state index in [0.717, 1.165) is 5.56 Å². The molecule has 0 bridgehead atoms. The molecule has 1 aromatic heterocycles. The lowest BCUT2D eigenvalue weighted by Gasteiger charge is -2.13. The Labute approximate surface area is 196 Å². The second-order valence-corrected chi connectivity index (χ2v) is 9.46. The highest BCUT2D eigenvalue weighted by atomic mass is 35.5. The van der Waals surface area contributed by atoms with Gasteiger partial charge in [-0.15, -0.1) is 0 Å². The van der Waals surface area contributed by atoms with Crippen LogP contribution < -0.4 is 10.0 Å². The van der Waals surface area contributed by atoms with E-state index in [1.165, 1.54) is 6.07 Å². The van der Waals surface area contributed by atoms with Crippen molar-refractivity contribution in [2.45, 2.75) is 18.7 Å². The molecule has 33 heavy (non-hydrogen) atoms. The van der Waals surface area contributed by atoms with Gasteiger partial charge in [0, 0.05) is 22.0 Å². The van der Waals surface area contributed by atoms with E-state index < -0.39 is 15.9 Å². The minimum absolute atomic E-state index is 0.0422. The van der Waals surface area contributed by atoms with Crippen molar-refractivity contribution in [1.82, 2.24) is 5.16 Å². The molecule has 0 aliphatic heterocycles. The summed E-state index contributed by atoms with van der Waals surface area (Å²) in [7, 11) is -3.90. The molecule has 0 unspecified atom stereocenters. The molecule has 0 saturated carbocycles. The van der Waals surface area contributed by atoms with Crippen LogP contribution in [0, 0.1) is 13.8 Å². The molecule has 0 saturated heterocycles. The van der Waals surface area contributed by atoms with Crippen LogP contribution in [0.3, 0.4) is 0 Å². The molecule has 3 aromatic carbocycles. The van der Waals surface area contributed by atoms with Crippen LogP contribution in [0.1, 0.15) is 21.7 Å². The molecule has 4 aromatic rings. The molecule has 168 valence electrons. The van der Waals surface area contributed by atoms with Crippen LogP contribution in [0.5, 0.6) is 0 Å². The number of aromatic nitrogens is 1. The van der Waals surface area contributed by atoms with Crippen molar-refractivity contribution >= 4 is 38.9 Å². The summed E-state index contributed by atoms with van der Waals surface area (Å²) < 4.78 is 33.8. The van der Waals surface area contributed by atoms with Gasteiger partial charge in [0.1, 0.15) is 17.0 Å². The third-order valence-corrected chi connectivity index (χ3v) is 6.74. The molecular weight excluding hydrogens is 462 g/mol. The maximum absolute atomic E-state index is 13.1. The van der Waals surface area contributed by atoms with Crippen LogP contribution in [-0.2, 0) is 10.0 Å². The third-order valence-electron chi connectivity index (χ3n) is 4.97. The summed E-state index contributed by atoms with van der Waals surface area (Å²) >= 11 is 5.87. The van der Waals surface area contributed by atoms with Crippen molar-refractivity contribution in [3.05, 3.63) is 94.7 Å². The number of hydrogen-bond acceptors (Lipinski definition) is 5. The Hall–Kier alpha value is -3.62. The van der Waals surface area contributed by atoms with Crippen LogP contribution in [-0.4, -0.2) is 19.5 Å². The van der Waals surface area contributed by atoms with E-state index in [-0.39, 0.29) is 10.5 Å². The average molecular weight is 482 g/mol. The zero-order valence-electron chi connectivity index (χ0n) is 17.8. The molecule has 0 aliphatic rings. The van der Waals surface area contributed by atoms with E-state index in [9.17, 15) is 13.2 Å². The van der Waals surface area contributed by atoms with Crippen molar-refractivity contribution in [2.24, 2.45) is 0 Å². The number of rotatable bonds is 6. The standard InChI is InChI=1S/C24H20ClN3O4S/c1-15-8-11-20(14-21(15)33(30,31)28-19-12-9-18(25)10-13-19)26-24(29)22-16(2)32-27-23(22)17-6-4-3-5-7-17/h3-14,28H,1-2H3,(H,26,29). The molecule has 1 heterocycles. The lowest BCUT2D eigenvalue weighted by atomic mass is 10.1. The maximum atomic E-state index is 13.1. The SMILES string of the molecule is Cc1ccc(NC(=O)c2c(-c3ccccc3)noc2C)cc1S(=O)(=O)Nc1ccc(Cl)cc1. The number of anilines is 2. The summed E-state index contributed by atoms with van der Waals surface area (Å²) in [6, 6.07) is 20.2. The number of nitrogens with one attached hydrogen (secondary N) is 2. The van der Waals surface area contributed by atoms with Crippen molar-refractivity contribution in [3.63, 3.8) is 0 Å². The second-order valence-electron chi connectivity index (χ2n) is 7.38. The third kappa shape index (κ3) is 4.92. The highest BCUT2D eigenvalue weighted by Gasteiger charge is 2.23. The maximum Gasteiger partial charge on any atom is 0.262 e. The molecule has 9 heteroatoms. The minimum atomic E-state index is -3.90. The number of amides is 1. The summed E-state index contributed by atoms with van der Waals surface area (Å²) in [5.41, 5.74) is 2.65.